The lowest BCUT2D eigenvalue weighted by atomic mass is 10.0. The molecule has 19 heavy (non-hydrogen) atoms. The standard InChI is InChI=1S/C16H27N3/c1-5-19(12(2)11-18(3)4)16-9-6-13-10-14(17)7-8-15(13)16/h7-8,10,12,16H,5-6,9,11,17H2,1-4H3. The number of likely N-dealkylation sites (N-methyl/N-ethyl adjacent to an activating group) is 2. The zero-order valence-electron chi connectivity index (χ0n) is 12.7. The van der Waals surface area contributed by atoms with Crippen LogP contribution in [-0.4, -0.2) is 43.0 Å². The van der Waals surface area contributed by atoms with Gasteiger partial charge in [0.05, 0.1) is 0 Å². The van der Waals surface area contributed by atoms with Gasteiger partial charge in [-0.1, -0.05) is 13.0 Å². The third kappa shape index (κ3) is 3.10. The van der Waals surface area contributed by atoms with E-state index in [0.29, 0.717) is 12.1 Å². The van der Waals surface area contributed by atoms with E-state index in [1.165, 1.54) is 17.5 Å². The molecule has 2 unspecified atom stereocenters. The van der Waals surface area contributed by atoms with E-state index in [0.717, 1.165) is 25.2 Å². The maximum Gasteiger partial charge on any atom is 0.0357 e. The Labute approximate surface area is 117 Å². The Kier molecular flexibility index (Phi) is 4.48. The molecule has 2 atom stereocenters. The average molecular weight is 261 g/mol. The molecule has 0 aromatic heterocycles. The van der Waals surface area contributed by atoms with E-state index in [2.05, 4.69) is 49.9 Å². The Hall–Kier alpha value is -1.06. The maximum absolute atomic E-state index is 5.89. The first-order chi connectivity index (χ1) is 9.02. The summed E-state index contributed by atoms with van der Waals surface area (Å²) in [5.74, 6) is 0. The van der Waals surface area contributed by atoms with Crippen LogP contribution < -0.4 is 5.73 Å². The van der Waals surface area contributed by atoms with Crippen molar-refractivity contribution in [3.63, 3.8) is 0 Å². The topological polar surface area (TPSA) is 32.5 Å². The summed E-state index contributed by atoms with van der Waals surface area (Å²) in [5.41, 5.74) is 9.72. The minimum atomic E-state index is 0.565. The lowest BCUT2D eigenvalue weighted by Gasteiger charge is -2.35. The Morgan fingerprint density at radius 2 is 2.11 bits per heavy atom. The summed E-state index contributed by atoms with van der Waals surface area (Å²) >= 11 is 0. The number of hydrogen-bond donors (Lipinski definition) is 1. The minimum Gasteiger partial charge on any atom is -0.399 e. The summed E-state index contributed by atoms with van der Waals surface area (Å²) in [6, 6.07) is 7.57. The van der Waals surface area contributed by atoms with Crippen LogP contribution in [0.25, 0.3) is 0 Å². The van der Waals surface area contributed by atoms with Gasteiger partial charge in [0, 0.05) is 24.3 Å². The molecule has 2 N–H and O–H groups in total. The van der Waals surface area contributed by atoms with Gasteiger partial charge in [-0.2, -0.15) is 0 Å². The van der Waals surface area contributed by atoms with Gasteiger partial charge in [0.1, 0.15) is 0 Å². The summed E-state index contributed by atoms with van der Waals surface area (Å²) in [5, 5.41) is 0. The smallest absolute Gasteiger partial charge is 0.0357 e. The highest BCUT2D eigenvalue weighted by atomic mass is 15.2. The lowest BCUT2D eigenvalue weighted by molar-refractivity contribution is 0.127. The zero-order valence-corrected chi connectivity index (χ0v) is 12.7. The molecular formula is C16H27N3. The van der Waals surface area contributed by atoms with Gasteiger partial charge in [0.15, 0.2) is 0 Å². The number of benzene rings is 1. The van der Waals surface area contributed by atoms with Crippen LogP contribution in [-0.2, 0) is 6.42 Å². The molecule has 0 saturated heterocycles. The molecule has 0 aliphatic heterocycles. The van der Waals surface area contributed by atoms with Crippen molar-refractivity contribution in [2.45, 2.75) is 38.8 Å². The Morgan fingerprint density at radius 1 is 1.37 bits per heavy atom. The molecule has 1 aromatic rings. The van der Waals surface area contributed by atoms with Crippen LogP contribution in [0.2, 0.25) is 0 Å². The number of nitrogens with zero attached hydrogens (tertiary/aromatic N) is 2. The SMILES string of the molecule is CCN(C(C)CN(C)C)C1CCc2cc(N)ccc21. The second-order valence-electron chi connectivity index (χ2n) is 5.95. The molecule has 2 rings (SSSR count). The summed E-state index contributed by atoms with van der Waals surface area (Å²) in [6.45, 7) is 6.80. The van der Waals surface area contributed by atoms with Gasteiger partial charge in [0.25, 0.3) is 0 Å². The fourth-order valence-electron chi connectivity index (χ4n) is 3.43. The molecule has 0 bridgehead atoms. The van der Waals surface area contributed by atoms with Gasteiger partial charge in [-0.3, -0.25) is 4.90 Å². The second-order valence-corrected chi connectivity index (χ2v) is 5.95. The summed E-state index contributed by atoms with van der Waals surface area (Å²) in [4.78, 5) is 4.90. The maximum atomic E-state index is 5.89. The highest BCUT2D eigenvalue weighted by Gasteiger charge is 2.29. The molecule has 0 spiro atoms. The molecule has 1 aromatic carbocycles. The molecular weight excluding hydrogens is 234 g/mol. The number of nitrogen functional groups attached to an aromatic ring is 1. The van der Waals surface area contributed by atoms with Crippen molar-refractivity contribution in [2.24, 2.45) is 0 Å². The Balaban J connectivity index is 2.18. The number of nitrogens with two attached hydrogens (primary N) is 1. The first-order valence-corrected chi connectivity index (χ1v) is 7.31. The first kappa shape index (κ1) is 14.4. The highest BCUT2D eigenvalue weighted by molar-refractivity contribution is 5.47. The molecule has 0 saturated carbocycles. The second kappa shape index (κ2) is 5.93. The predicted molar refractivity (Wildman–Crippen MR) is 82.3 cm³/mol. The molecule has 3 nitrogen and oxygen atoms in total. The average Bonchev–Trinajstić information content (AvgIpc) is 2.72. The van der Waals surface area contributed by atoms with Crippen LogP contribution in [0.5, 0.6) is 0 Å². The third-order valence-corrected chi connectivity index (χ3v) is 4.17. The van der Waals surface area contributed by atoms with Gasteiger partial charge in [-0.25, -0.2) is 0 Å². The molecule has 0 fully saturated rings. The first-order valence-electron chi connectivity index (χ1n) is 7.31. The summed E-state index contributed by atoms with van der Waals surface area (Å²) < 4.78 is 0. The zero-order chi connectivity index (χ0) is 14.0. The predicted octanol–water partition coefficient (Wildman–Crippen LogP) is 2.53. The van der Waals surface area contributed by atoms with Crippen molar-refractivity contribution < 1.29 is 0 Å². The number of anilines is 1. The van der Waals surface area contributed by atoms with Crippen molar-refractivity contribution in [3.05, 3.63) is 29.3 Å². The largest absolute Gasteiger partial charge is 0.399 e. The van der Waals surface area contributed by atoms with Crippen LogP contribution >= 0.6 is 0 Å². The Bertz CT molecular complexity index is 428. The van der Waals surface area contributed by atoms with E-state index in [4.69, 9.17) is 5.73 Å². The van der Waals surface area contributed by atoms with Gasteiger partial charge in [0.2, 0.25) is 0 Å². The third-order valence-electron chi connectivity index (χ3n) is 4.17. The van der Waals surface area contributed by atoms with Crippen molar-refractivity contribution in [3.8, 4) is 0 Å². The fourth-order valence-corrected chi connectivity index (χ4v) is 3.43. The number of hydrogen-bond acceptors (Lipinski definition) is 3. The van der Waals surface area contributed by atoms with Gasteiger partial charge in [-0.15, -0.1) is 0 Å². The van der Waals surface area contributed by atoms with Gasteiger partial charge < -0.3 is 10.6 Å². The van der Waals surface area contributed by atoms with Crippen molar-refractivity contribution in [1.29, 1.82) is 0 Å². The quantitative estimate of drug-likeness (QED) is 0.827. The van der Waals surface area contributed by atoms with Crippen molar-refractivity contribution in [2.75, 3.05) is 32.9 Å². The number of fused-ring (bicyclic) bond motifs is 1. The van der Waals surface area contributed by atoms with Crippen LogP contribution in [0, 0.1) is 0 Å². The Morgan fingerprint density at radius 3 is 2.74 bits per heavy atom. The van der Waals surface area contributed by atoms with E-state index in [9.17, 15) is 0 Å². The summed E-state index contributed by atoms with van der Waals surface area (Å²) in [7, 11) is 4.29. The molecule has 0 radical (unpaired) electrons. The number of rotatable bonds is 5. The monoisotopic (exact) mass is 261 g/mol. The van der Waals surface area contributed by atoms with E-state index >= 15 is 0 Å². The van der Waals surface area contributed by atoms with E-state index in [-0.39, 0.29) is 0 Å². The molecule has 1 aliphatic rings. The fraction of sp³-hybridized carbons (Fsp3) is 0.625. The van der Waals surface area contributed by atoms with Gasteiger partial charge in [-0.05, 0) is 63.7 Å². The lowest BCUT2D eigenvalue weighted by Crippen LogP contribution is -2.41. The van der Waals surface area contributed by atoms with Crippen LogP contribution in [0.15, 0.2) is 18.2 Å². The summed E-state index contributed by atoms with van der Waals surface area (Å²) in [6.07, 6.45) is 2.39. The molecule has 0 heterocycles. The molecule has 3 heteroatoms. The van der Waals surface area contributed by atoms with E-state index in [1.807, 2.05) is 6.07 Å². The van der Waals surface area contributed by atoms with Crippen molar-refractivity contribution in [1.82, 2.24) is 9.80 Å². The molecule has 0 amide bonds. The van der Waals surface area contributed by atoms with Crippen LogP contribution in [0.4, 0.5) is 5.69 Å². The molecule has 1 aliphatic carbocycles. The van der Waals surface area contributed by atoms with Crippen LogP contribution in [0.1, 0.15) is 37.4 Å². The molecule has 106 valence electrons. The van der Waals surface area contributed by atoms with Crippen molar-refractivity contribution >= 4 is 5.69 Å². The minimum absolute atomic E-state index is 0.565. The van der Waals surface area contributed by atoms with E-state index in [1.54, 1.807) is 0 Å². The normalized spacial score (nSPS) is 20.0. The van der Waals surface area contributed by atoms with Gasteiger partial charge >= 0.3 is 0 Å². The highest BCUT2D eigenvalue weighted by Crippen LogP contribution is 2.37. The van der Waals surface area contributed by atoms with Crippen LogP contribution in [0.3, 0.4) is 0 Å². The van der Waals surface area contributed by atoms with E-state index < -0.39 is 0 Å². The number of aryl methyl sites for hydroxylation is 1.